The Balaban J connectivity index is 1.36. The molecule has 176 valence electrons. The van der Waals surface area contributed by atoms with Crippen LogP contribution in [-0.4, -0.2) is 34.5 Å². The Labute approximate surface area is 208 Å². The van der Waals surface area contributed by atoms with Gasteiger partial charge in [0.05, 0.1) is 27.6 Å². The van der Waals surface area contributed by atoms with Gasteiger partial charge in [-0.15, -0.1) is 0 Å². The average Bonchev–Trinajstić information content (AvgIpc) is 2.78. The molecule has 1 amide bonds. The number of hydroxylamine groups is 2. The van der Waals surface area contributed by atoms with Gasteiger partial charge < -0.3 is 10.6 Å². The van der Waals surface area contributed by atoms with Crippen LogP contribution in [0.3, 0.4) is 0 Å². The highest BCUT2D eigenvalue weighted by Crippen LogP contribution is 2.52. The van der Waals surface area contributed by atoms with Crippen molar-refractivity contribution in [2.75, 3.05) is 11.9 Å². The molecule has 3 N–H and O–H groups in total. The van der Waals surface area contributed by atoms with Crippen LogP contribution in [0.15, 0.2) is 56.8 Å². The molecule has 9 heteroatoms. The minimum atomic E-state index is -0.439. The van der Waals surface area contributed by atoms with Gasteiger partial charge in [0.2, 0.25) is 0 Å². The summed E-state index contributed by atoms with van der Waals surface area (Å²) in [5.74, 6) is -0.348. The fraction of sp³-hybridized carbons (Fsp3) is 0.417. The van der Waals surface area contributed by atoms with E-state index in [0.29, 0.717) is 10.7 Å². The van der Waals surface area contributed by atoms with Gasteiger partial charge in [-0.3, -0.25) is 19.9 Å². The van der Waals surface area contributed by atoms with Gasteiger partial charge in [0.15, 0.2) is 5.78 Å². The maximum Gasteiger partial charge on any atom is 0.258 e. The number of nitrogens with zero attached hydrogens (tertiary/aromatic N) is 1. The quantitative estimate of drug-likeness (QED) is 0.477. The lowest BCUT2D eigenvalue weighted by atomic mass is 9.62. The average molecular weight is 511 g/mol. The van der Waals surface area contributed by atoms with Crippen LogP contribution >= 0.6 is 34.8 Å². The van der Waals surface area contributed by atoms with Gasteiger partial charge >= 0.3 is 0 Å². The fourth-order valence-corrected chi connectivity index (χ4v) is 5.90. The summed E-state index contributed by atoms with van der Waals surface area (Å²) in [6.07, 6.45) is 7.03. The number of rotatable bonds is 6. The first-order valence-electron chi connectivity index (χ1n) is 11.0. The summed E-state index contributed by atoms with van der Waals surface area (Å²) < 4.78 is 0. The zero-order chi connectivity index (χ0) is 23.8. The number of amides is 1. The van der Waals surface area contributed by atoms with E-state index in [2.05, 4.69) is 17.6 Å². The molecule has 4 rings (SSSR count). The van der Waals surface area contributed by atoms with Crippen molar-refractivity contribution in [1.29, 1.82) is 0 Å². The second-order valence-corrected chi connectivity index (χ2v) is 10.2. The summed E-state index contributed by atoms with van der Waals surface area (Å²) in [6.45, 7) is 2.07. The van der Waals surface area contributed by atoms with Crippen LogP contribution in [0.5, 0.6) is 0 Å². The van der Waals surface area contributed by atoms with Crippen molar-refractivity contribution in [2.45, 2.75) is 51.5 Å². The van der Waals surface area contributed by atoms with Gasteiger partial charge in [-0.1, -0.05) is 66.2 Å². The van der Waals surface area contributed by atoms with Crippen molar-refractivity contribution in [3.05, 3.63) is 62.4 Å². The molecule has 1 atom stereocenters. The molecule has 6 nitrogen and oxygen atoms in total. The molecule has 0 radical (unpaired) electrons. The lowest BCUT2D eigenvalue weighted by Crippen LogP contribution is -2.51. The molecule has 1 fully saturated rings. The van der Waals surface area contributed by atoms with Gasteiger partial charge in [0.25, 0.3) is 5.91 Å². The van der Waals surface area contributed by atoms with Crippen molar-refractivity contribution in [3.63, 3.8) is 0 Å². The number of carbonyl (C=O) groups is 2. The Morgan fingerprint density at radius 3 is 2.45 bits per heavy atom. The Morgan fingerprint density at radius 1 is 1.15 bits per heavy atom. The summed E-state index contributed by atoms with van der Waals surface area (Å²) in [7, 11) is 0. The topological polar surface area (TPSA) is 81.7 Å². The number of hydrogen-bond acceptors (Lipinski definition) is 5. The second kappa shape index (κ2) is 9.71. The molecule has 0 saturated heterocycles. The Kier molecular flexibility index (Phi) is 7.10. The van der Waals surface area contributed by atoms with E-state index in [1.165, 1.54) is 12.6 Å². The molecule has 1 aliphatic heterocycles. The van der Waals surface area contributed by atoms with E-state index in [1.54, 1.807) is 0 Å². The van der Waals surface area contributed by atoms with Crippen molar-refractivity contribution in [2.24, 2.45) is 5.41 Å². The van der Waals surface area contributed by atoms with Gasteiger partial charge in [0.1, 0.15) is 5.03 Å². The second-order valence-electron chi connectivity index (χ2n) is 8.92. The fourth-order valence-electron chi connectivity index (χ4n) is 4.81. The van der Waals surface area contributed by atoms with Crippen molar-refractivity contribution < 1.29 is 14.8 Å². The predicted octanol–water partition coefficient (Wildman–Crippen LogP) is 5.41. The zero-order valence-corrected chi connectivity index (χ0v) is 20.5. The zero-order valence-electron chi connectivity index (χ0n) is 18.3. The SMILES string of the molecule is CC(Cc1ccc(NC(=O)C2=C(Cl)CN(O)C=C2Cl)cc1)NC1=C(Cl)C(=O)C12CCCCC2. The Bertz CT molecular complexity index is 1060. The van der Waals surface area contributed by atoms with Crippen LogP contribution in [0.1, 0.15) is 44.6 Å². The number of benzene rings is 1. The maximum atomic E-state index is 12.6. The number of halogens is 3. The van der Waals surface area contributed by atoms with Gasteiger partial charge in [-0.2, -0.15) is 0 Å². The van der Waals surface area contributed by atoms with Crippen molar-refractivity contribution >= 4 is 52.2 Å². The third-order valence-corrected chi connectivity index (χ3v) is 7.44. The van der Waals surface area contributed by atoms with Gasteiger partial charge in [-0.25, -0.2) is 0 Å². The molecule has 1 heterocycles. The molecule has 1 spiro atoms. The van der Waals surface area contributed by atoms with Crippen LogP contribution in [0.4, 0.5) is 5.69 Å². The minimum Gasteiger partial charge on any atom is -0.383 e. The van der Waals surface area contributed by atoms with E-state index in [-0.39, 0.29) is 34.0 Å². The number of hydrogen-bond donors (Lipinski definition) is 3. The molecule has 2 aliphatic carbocycles. The van der Waals surface area contributed by atoms with Crippen LogP contribution in [0.2, 0.25) is 0 Å². The lowest BCUT2D eigenvalue weighted by molar-refractivity contribution is -0.127. The first kappa shape index (κ1) is 24.1. The molecule has 3 aliphatic rings. The third kappa shape index (κ3) is 4.80. The summed E-state index contributed by atoms with van der Waals surface area (Å²) in [4.78, 5) is 25.1. The molecular weight excluding hydrogens is 485 g/mol. The Hall–Kier alpha value is -1.99. The summed E-state index contributed by atoms with van der Waals surface area (Å²) in [6, 6.07) is 7.60. The third-order valence-electron chi connectivity index (χ3n) is 6.48. The van der Waals surface area contributed by atoms with E-state index in [4.69, 9.17) is 34.8 Å². The number of ketones is 1. The highest BCUT2D eigenvalue weighted by molar-refractivity contribution is 6.47. The summed E-state index contributed by atoms with van der Waals surface area (Å²) >= 11 is 18.4. The highest BCUT2D eigenvalue weighted by atomic mass is 35.5. The number of Topliss-reactive ketones (excluding diaryl/α,β-unsaturated/α-hetero) is 1. The number of allylic oxidation sites excluding steroid dienone is 2. The van der Waals surface area contributed by atoms with Crippen molar-refractivity contribution in [1.82, 2.24) is 10.4 Å². The Morgan fingerprint density at radius 2 is 1.82 bits per heavy atom. The monoisotopic (exact) mass is 509 g/mol. The van der Waals surface area contributed by atoms with E-state index >= 15 is 0 Å². The largest absolute Gasteiger partial charge is 0.383 e. The molecule has 1 aromatic rings. The van der Waals surface area contributed by atoms with E-state index < -0.39 is 11.3 Å². The number of anilines is 1. The molecule has 0 bridgehead atoms. The molecule has 1 unspecified atom stereocenters. The van der Waals surface area contributed by atoms with Gasteiger partial charge in [-0.05, 0) is 43.9 Å². The van der Waals surface area contributed by atoms with Crippen LogP contribution < -0.4 is 10.6 Å². The first-order chi connectivity index (χ1) is 15.7. The van der Waals surface area contributed by atoms with E-state index in [9.17, 15) is 14.8 Å². The number of carbonyl (C=O) groups excluding carboxylic acids is 2. The first-order valence-corrected chi connectivity index (χ1v) is 12.2. The highest BCUT2D eigenvalue weighted by Gasteiger charge is 2.53. The van der Waals surface area contributed by atoms with E-state index in [1.807, 2.05) is 24.3 Å². The maximum absolute atomic E-state index is 12.6. The molecule has 33 heavy (non-hydrogen) atoms. The molecular formula is C24H26Cl3N3O3. The van der Waals surface area contributed by atoms with E-state index in [0.717, 1.165) is 48.4 Å². The van der Waals surface area contributed by atoms with Crippen LogP contribution in [0.25, 0.3) is 0 Å². The smallest absolute Gasteiger partial charge is 0.258 e. The molecule has 0 aromatic heterocycles. The van der Waals surface area contributed by atoms with Gasteiger partial charge in [0, 0.05) is 23.6 Å². The van der Waals surface area contributed by atoms with Crippen LogP contribution in [0, 0.1) is 5.41 Å². The lowest BCUT2D eigenvalue weighted by Gasteiger charge is -2.46. The summed E-state index contributed by atoms with van der Waals surface area (Å²) in [5.41, 5.74) is 2.34. The van der Waals surface area contributed by atoms with Crippen molar-refractivity contribution in [3.8, 4) is 0 Å². The standard InChI is InChI=1S/C24H26Cl3N3O3/c1-14(28-21-20(27)22(31)24(21)9-3-2-4-10-24)11-15-5-7-16(8-6-15)29-23(32)19-17(25)12-30(33)13-18(19)26/h5-8,12,14,28,33H,2-4,9-11,13H2,1H3,(H,29,32). The van der Waals surface area contributed by atoms with Crippen LogP contribution in [-0.2, 0) is 16.0 Å². The summed E-state index contributed by atoms with van der Waals surface area (Å²) in [5, 5.41) is 17.2. The molecule has 1 aromatic carbocycles. The minimum absolute atomic E-state index is 0.00229. The normalized spacial score (nSPS) is 21.1. The number of nitrogens with one attached hydrogen (secondary N) is 2. The molecule has 1 saturated carbocycles. The predicted molar refractivity (Wildman–Crippen MR) is 130 cm³/mol.